The Morgan fingerprint density at radius 1 is 1.56 bits per heavy atom. The highest BCUT2D eigenvalue weighted by Gasteiger charge is 2.22. The maximum atomic E-state index is 12.0. The molecule has 2 rings (SSSR count). The highest BCUT2D eigenvalue weighted by Crippen LogP contribution is 2.17. The second-order valence-corrected chi connectivity index (χ2v) is 4.59. The van der Waals surface area contributed by atoms with Gasteiger partial charge in [-0.3, -0.25) is 4.79 Å². The third-order valence-electron chi connectivity index (χ3n) is 3.27. The summed E-state index contributed by atoms with van der Waals surface area (Å²) in [5.41, 5.74) is 1.49. The van der Waals surface area contributed by atoms with Crippen LogP contribution in [0, 0.1) is 11.3 Å². The average Bonchev–Trinajstić information content (AvgIpc) is 2.82. The van der Waals surface area contributed by atoms with Crippen molar-refractivity contribution in [2.24, 2.45) is 0 Å². The van der Waals surface area contributed by atoms with Crippen molar-refractivity contribution in [2.45, 2.75) is 25.8 Å². The van der Waals surface area contributed by atoms with E-state index in [0.717, 1.165) is 24.9 Å². The molecule has 1 saturated heterocycles. The van der Waals surface area contributed by atoms with E-state index in [-0.39, 0.29) is 5.91 Å². The summed E-state index contributed by atoms with van der Waals surface area (Å²) in [5, 5.41) is 8.80. The molecule has 1 aromatic carbocycles. The third kappa shape index (κ3) is 2.78. The molecule has 1 heterocycles. The lowest BCUT2D eigenvalue weighted by atomic mass is 10.1. The third-order valence-corrected chi connectivity index (χ3v) is 3.27. The molecule has 0 bridgehead atoms. The van der Waals surface area contributed by atoms with Gasteiger partial charge in [-0.1, -0.05) is 12.1 Å². The molecule has 0 aliphatic carbocycles. The Morgan fingerprint density at radius 3 is 3.06 bits per heavy atom. The molecular formula is C15H16N2O. The Bertz CT molecular complexity index is 513. The lowest BCUT2D eigenvalue weighted by Gasteiger charge is -2.19. The zero-order valence-electron chi connectivity index (χ0n) is 10.5. The Morgan fingerprint density at radius 2 is 2.39 bits per heavy atom. The van der Waals surface area contributed by atoms with E-state index in [4.69, 9.17) is 5.26 Å². The van der Waals surface area contributed by atoms with Crippen LogP contribution in [-0.4, -0.2) is 23.4 Å². The summed E-state index contributed by atoms with van der Waals surface area (Å²) in [5.74, 6) is 0.0577. The minimum absolute atomic E-state index is 0.0577. The van der Waals surface area contributed by atoms with E-state index in [2.05, 4.69) is 13.0 Å². The molecule has 1 aliphatic rings. The van der Waals surface area contributed by atoms with E-state index in [9.17, 15) is 4.79 Å². The summed E-state index contributed by atoms with van der Waals surface area (Å²) in [6, 6.07) is 9.66. The number of nitriles is 1. The molecule has 1 atom stereocenters. The van der Waals surface area contributed by atoms with Crippen LogP contribution in [-0.2, 0) is 4.79 Å². The molecule has 0 radical (unpaired) electrons. The quantitative estimate of drug-likeness (QED) is 0.746. The zero-order chi connectivity index (χ0) is 13.0. The van der Waals surface area contributed by atoms with Crippen LogP contribution in [0.1, 0.15) is 30.9 Å². The van der Waals surface area contributed by atoms with Gasteiger partial charge in [-0.25, -0.2) is 0 Å². The number of benzene rings is 1. The summed E-state index contributed by atoms with van der Waals surface area (Å²) in [7, 11) is 0. The van der Waals surface area contributed by atoms with Gasteiger partial charge in [0.15, 0.2) is 0 Å². The number of hydrogen-bond acceptors (Lipinski definition) is 2. The van der Waals surface area contributed by atoms with Crippen LogP contribution < -0.4 is 0 Å². The molecular weight excluding hydrogens is 224 g/mol. The van der Waals surface area contributed by atoms with Crippen molar-refractivity contribution in [3.63, 3.8) is 0 Å². The molecule has 1 aromatic rings. The second kappa shape index (κ2) is 5.50. The van der Waals surface area contributed by atoms with Crippen LogP contribution in [0.2, 0.25) is 0 Å². The number of carbonyl (C=O) groups is 1. The Kier molecular flexibility index (Phi) is 3.78. The van der Waals surface area contributed by atoms with E-state index < -0.39 is 0 Å². The fourth-order valence-electron chi connectivity index (χ4n) is 2.24. The first-order valence-electron chi connectivity index (χ1n) is 6.19. The maximum absolute atomic E-state index is 12.0. The van der Waals surface area contributed by atoms with Crippen molar-refractivity contribution in [2.75, 3.05) is 6.54 Å². The van der Waals surface area contributed by atoms with Gasteiger partial charge in [0.2, 0.25) is 5.91 Å². The van der Waals surface area contributed by atoms with Crippen LogP contribution in [0.4, 0.5) is 0 Å². The predicted molar refractivity (Wildman–Crippen MR) is 70.6 cm³/mol. The molecule has 0 spiro atoms. The van der Waals surface area contributed by atoms with Gasteiger partial charge in [0, 0.05) is 18.7 Å². The van der Waals surface area contributed by atoms with Crippen molar-refractivity contribution in [3.8, 4) is 6.07 Å². The van der Waals surface area contributed by atoms with Crippen molar-refractivity contribution >= 4 is 12.0 Å². The number of rotatable bonds is 2. The highest BCUT2D eigenvalue weighted by molar-refractivity contribution is 5.92. The monoisotopic (exact) mass is 240 g/mol. The van der Waals surface area contributed by atoms with Gasteiger partial charge < -0.3 is 4.90 Å². The first kappa shape index (κ1) is 12.4. The topological polar surface area (TPSA) is 44.1 Å². The molecule has 0 saturated carbocycles. The summed E-state index contributed by atoms with van der Waals surface area (Å²) in [6.07, 6.45) is 5.54. The summed E-state index contributed by atoms with van der Waals surface area (Å²) >= 11 is 0. The van der Waals surface area contributed by atoms with Gasteiger partial charge in [-0.05, 0) is 43.5 Å². The predicted octanol–water partition coefficient (Wildman–Crippen LogP) is 2.58. The van der Waals surface area contributed by atoms with Crippen LogP contribution in [0.15, 0.2) is 30.3 Å². The second-order valence-electron chi connectivity index (χ2n) is 4.59. The fraction of sp³-hybridized carbons (Fsp3) is 0.333. The SMILES string of the molecule is CC1CCCN1C(=O)/C=C/c1cccc(C#N)c1. The molecule has 3 heteroatoms. The highest BCUT2D eigenvalue weighted by atomic mass is 16.2. The van der Waals surface area contributed by atoms with Crippen molar-refractivity contribution in [1.82, 2.24) is 4.90 Å². The molecule has 1 aliphatic heterocycles. The van der Waals surface area contributed by atoms with Gasteiger partial charge in [0.1, 0.15) is 0 Å². The summed E-state index contributed by atoms with van der Waals surface area (Å²) in [6.45, 7) is 2.93. The molecule has 18 heavy (non-hydrogen) atoms. The van der Waals surface area contributed by atoms with Gasteiger partial charge in [-0.2, -0.15) is 5.26 Å². The molecule has 3 nitrogen and oxygen atoms in total. The number of likely N-dealkylation sites (tertiary alicyclic amines) is 1. The number of carbonyl (C=O) groups excluding carboxylic acids is 1. The first-order valence-corrected chi connectivity index (χ1v) is 6.19. The van der Waals surface area contributed by atoms with Crippen molar-refractivity contribution < 1.29 is 4.79 Å². The van der Waals surface area contributed by atoms with E-state index in [0.29, 0.717) is 11.6 Å². The lowest BCUT2D eigenvalue weighted by Crippen LogP contribution is -2.32. The maximum Gasteiger partial charge on any atom is 0.246 e. The largest absolute Gasteiger partial charge is 0.336 e. The van der Waals surface area contributed by atoms with Gasteiger partial charge in [0.25, 0.3) is 0 Å². The summed E-state index contributed by atoms with van der Waals surface area (Å²) < 4.78 is 0. The number of amides is 1. The van der Waals surface area contributed by atoms with E-state index in [1.54, 1.807) is 24.3 Å². The van der Waals surface area contributed by atoms with Gasteiger partial charge in [0.05, 0.1) is 11.6 Å². The van der Waals surface area contributed by atoms with Gasteiger partial charge >= 0.3 is 0 Å². The molecule has 0 aromatic heterocycles. The molecule has 1 unspecified atom stereocenters. The Labute approximate surface area is 107 Å². The van der Waals surface area contributed by atoms with E-state index in [1.807, 2.05) is 17.0 Å². The number of hydrogen-bond donors (Lipinski definition) is 0. The fourth-order valence-corrected chi connectivity index (χ4v) is 2.24. The standard InChI is InChI=1S/C15H16N2O/c1-12-4-3-9-17(12)15(18)8-7-13-5-2-6-14(10-13)11-16/h2,5-8,10,12H,3-4,9H2,1H3/b8-7+. The van der Waals surface area contributed by atoms with E-state index in [1.165, 1.54) is 0 Å². The minimum atomic E-state index is 0.0577. The molecule has 0 N–H and O–H groups in total. The van der Waals surface area contributed by atoms with E-state index >= 15 is 0 Å². The van der Waals surface area contributed by atoms with Crippen LogP contribution in [0.3, 0.4) is 0 Å². The molecule has 1 amide bonds. The zero-order valence-corrected chi connectivity index (χ0v) is 10.5. The Balaban J connectivity index is 2.06. The summed E-state index contributed by atoms with van der Waals surface area (Å²) in [4.78, 5) is 13.9. The molecule has 1 fully saturated rings. The Hall–Kier alpha value is -2.08. The smallest absolute Gasteiger partial charge is 0.246 e. The van der Waals surface area contributed by atoms with Crippen molar-refractivity contribution in [3.05, 3.63) is 41.5 Å². The van der Waals surface area contributed by atoms with Crippen molar-refractivity contribution in [1.29, 1.82) is 5.26 Å². The lowest BCUT2D eigenvalue weighted by molar-refractivity contribution is -0.126. The first-order chi connectivity index (χ1) is 8.70. The number of nitrogens with zero attached hydrogens (tertiary/aromatic N) is 2. The molecule has 92 valence electrons. The normalized spacial score (nSPS) is 19.1. The average molecular weight is 240 g/mol. The van der Waals surface area contributed by atoms with Crippen LogP contribution in [0.25, 0.3) is 6.08 Å². The van der Waals surface area contributed by atoms with Crippen LogP contribution in [0.5, 0.6) is 0 Å². The minimum Gasteiger partial charge on any atom is -0.336 e. The van der Waals surface area contributed by atoms with Crippen LogP contribution >= 0.6 is 0 Å². The van der Waals surface area contributed by atoms with Gasteiger partial charge in [-0.15, -0.1) is 0 Å².